The van der Waals surface area contributed by atoms with Gasteiger partial charge in [-0.1, -0.05) is 25.0 Å². The molecular weight excluding hydrogens is 376 g/mol. The molecule has 26 heavy (non-hydrogen) atoms. The standard InChI is InChI=1S/C16H26N4O4S2/c1-6-19(7-2)16(21)18-17-15-13(25(5)22)11-10-12-14(15)26(23,24)20(8-3)9-4/h10-12H,6-9H2,1-5H3. The Kier molecular flexibility index (Phi) is 8.51. The van der Waals surface area contributed by atoms with Crippen LogP contribution in [0.15, 0.2) is 38.2 Å². The molecule has 0 saturated heterocycles. The second-order valence-electron chi connectivity index (χ2n) is 5.30. The van der Waals surface area contributed by atoms with E-state index < -0.39 is 26.9 Å². The van der Waals surface area contributed by atoms with Crippen molar-refractivity contribution in [3.8, 4) is 0 Å². The maximum Gasteiger partial charge on any atom is 0.362 e. The molecule has 0 heterocycles. The molecule has 146 valence electrons. The minimum atomic E-state index is -3.85. The predicted octanol–water partition coefficient (Wildman–Crippen LogP) is 3.00. The molecule has 8 nitrogen and oxygen atoms in total. The van der Waals surface area contributed by atoms with Crippen molar-refractivity contribution in [2.45, 2.75) is 37.5 Å². The Morgan fingerprint density at radius 2 is 1.65 bits per heavy atom. The molecule has 10 heteroatoms. The minimum Gasteiger partial charge on any atom is -0.322 e. The average Bonchev–Trinajstić information content (AvgIpc) is 2.61. The summed E-state index contributed by atoms with van der Waals surface area (Å²) >= 11 is 0. The van der Waals surface area contributed by atoms with Gasteiger partial charge < -0.3 is 4.90 Å². The van der Waals surface area contributed by atoms with Crippen LogP contribution in [0.25, 0.3) is 0 Å². The normalized spacial score (nSPS) is 13.3. The van der Waals surface area contributed by atoms with Crippen molar-refractivity contribution in [3.05, 3.63) is 18.2 Å². The van der Waals surface area contributed by atoms with Gasteiger partial charge in [0.1, 0.15) is 10.6 Å². The molecular formula is C16H26N4O4S2. The summed E-state index contributed by atoms with van der Waals surface area (Å²) in [4.78, 5) is 13.7. The van der Waals surface area contributed by atoms with E-state index in [1.54, 1.807) is 13.8 Å². The van der Waals surface area contributed by atoms with Gasteiger partial charge in [-0.25, -0.2) is 13.2 Å². The van der Waals surface area contributed by atoms with Crippen molar-refractivity contribution in [1.29, 1.82) is 0 Å². The zero-order chi connectivity index (χ0) is 19.9. The molecule has 0 N–H and O–H groups in total. The third-order valence-corrected chi connectivity index (χ3v) is 6.89. The van der Waals surface area contributed by atoms with E-state index in [-0.39, 0.29) is 28.6 Å². The maximum absolute atomic E-state index is 12.9. The van der Waals surface area contributed by atoms with Gasteiger partial charge in [0.2, 0.25) is 10.0 Å². The van der Waals surface area contributed by atoms with Crippen LogP contribution >= 0.6 is 0 Å². The molecule has 1 rings (SSSR count). The molecule has 1 unspecified atom stereocenters. The topological polar surface area (TPSA) is 99.5 Å². The first-order chi connectivity index (χ1) is 12.2. The Hall–Kier alpha value is -1.65. The summed E-state index contributed by atoms with van der Waals surface area (Å²) in [6.45, 7) is 8.56. The predicted molar refractivity (Wildman–Crippen MR) is 102 cm³/mol. The number of amides is 2. The highest BCUT2D eigenvalue weighted by atomic mass is 32.2. The third kappa shape index (κ3) is 4.95. The number of carbonyl (C=O) groups is 1. The second-order valence-corrected chi connectivity index (χ2v) is 8.56. The zero-order valence-corrected chi connectivity index (χ0v) is 17.4. The Labute approximate surface area is 157 Å². The van der Waals surface area contributed by atoms with Gasteiger partial charge in [0.15, 0.2) is 0 Å². The summed E-state index contributed by atoms with van der Waals surface area (Å²) in [5.74, 6) is 0. The van der Waals surface area contributed by atoms with Gasteiger partial charge in [0, 0.05) is 32.4 Å². The summed E-state index contributed by atoms with van der Waals surface area (Å²) in [5.41, 5.74) is -0.0549. The van der Waals surface area contributed by atoms with E-state index in [4.69, 9.17) is 0 Å². The smallest absolute Gasteiger partial charge is 0.322 e. The monoisotopic (exact) mass is 402 g/mol. The first-order valence-corrected chi connectivity index (χ1v) is 11.4. The van der Waals surface area contributed by atoms with Crippen LogP contribution in [0.4, 0.5) is 10.5 Å². The maximum atomic E-state index is 12.9. The number of sulfonamides is 1. The molecule has 2 amide bonds. The number of hydrogen-bond donors (Lipinski definition) is 0. The van der Waals surface area contributed by atoms with E-state index in [1.807, 2.05) is 13.8 Å². The zero-order valence-electron chi connectivity index (χ0n) is 15.8. The summed E-state index contributed by atoms with van der Waals surface area (Å²) in [5, 5.41) is 7.56. The Morgan fingerprint density at radius 1 is 1.08 bits per heavy atom. The van der Waals surface area contributed by atoms with Crippen molar-refractivity contribution in [2.75, 3.05) is 32.4 Å². The third-order valence-electron chi connectivity index (χ3n) is 3.86. The molecule has 1 aromatic carbocycles. The second kappa shape index (κ2) is 9.89. The van der Waals surface area contributed by atoms with Crippen molar-refractivity contribution in [1.82, 2.24) is 9.21 Å². The van der Waals surface area contributed by atoms with Crippen LogP contribution < -0.4 is 0 Å². The SMILES string of the molecule is CCN(CC)C(=O)N=Nc1c(S(C)=O)cccc1S(=O)(=O)N(CC)CC. The molecule has 0 aliphatic rings. The summed E-state index contributed by atoms with van der Waals surface area (Å²) < 4.78 is 39.1. The van der Waals surface area contributed by atoms with E-state index in [0.29, 0.717) is 13.1 Å². The lowest BCUT2D eigenvalue weighted by molar-refractivity contribution is 0.212. The number of azo groups is 1. The Balaban J connectivity index is 3.54. The lowest BCUT2D eigenvalue weighted by atomic mass is 10.3. The number of hydrogen-bond acceptors (Lipinski definition) is 5. The van der Waals surface area contributed by atoms with Crippen molar-refractivity contribution in [2.24, 2.45) is 10.2 Å². The molecule has 0 fully saturated rings. The lowest BCUT2D eigenvalue weighted by Crippen LogP contribution is -2.30. The molecule has 0 saturated carbocycles. The number of rotatable bonds is 8. The van der Waals surface area contributed by atoms with E-state index in [0.717, 1.165) is 0 Å². The van der Waals surface area contributed by atoms with Crippen LogP contribution in [-0.2, 0) is 20.8 Å². The van der Waals surface area contributed by atoms with Crippen LogP contribution in [0.1, 0.15) is 27.7 Å². The van der Waals surface area contributed by atoms with E-state index in [9.17, 15) is 17.4 Å². The largest absolute Gasteiger partial charge is 0.362 e. The average molecular weight is 403 g/mol. The first kappa shape index (κ1) is 22.4. The van der Waals surface area contributed by atoms with Crippen LogP contribution in [0.5, 0.6) is 0 Å². The van der Waals surface area contributed by atoms with Gasteiger partial charge in [-0.2, -0.15) is 4.31 Å². The van der Waals surface area contributed by atoms with Crippen molar-refractivity contribution >= 4 is 32.5 Å². The Bertz CT molecular complexity index is 785. The van der Waals surface area contributed by atoms with E-state index in [2.05, 4.69) is 10.2 Å². The van der Waals surface area contributed by atoms with E-state index >= 15 is 0 Å². The number of carbonyl (C=O) groups excluding carboxylic acids is 1. The van der Waals surface area contributed by atoms with Crippen molar-refractivity contribution < 1.29 is 17.4 Å². The highest BCUT2D eigenvalue weighted by Crippen LogP contribution is 2.33. The fourth-order valence-electron chi connectivity index (χ4n) is 2.39. The van der Waals surface area contributed by atoms with Crippen LogP contribution in [0.2, 0.25) is 0 Å². The van der Waals surface area contributed by atoms with Gasteiger partial charge >= 0.3 is 6.03 Å². The van der Waals surface area contributed by atoms with Gasteiger partial charge in [-0.05, 0) is 26.0 Å². The van der Waals surface area contributed by atoms with Gasteiger partial charge in [-0.3, -0.25) is 4.21 Å². The van der Waals surface area contributed by atoms with Crippen molar-refractivity contribution in [3.63, 3.8) is 0 Å². The quantitative estimate of drug-likeness (QED) is 0.624. The van der Waals surface area contributed by atoms with E-state index in [1.165, 1.54) is 33.7 Å². The fraction of sp³-hybridized carbons (Fsp3) is 0.562. The van der Waals surface area contributed by atoms with Gasteiger partial charge in [-0.15, -0.1) is 5.11 Å². The molecule has 0 radical (unpaired) electrons. The number of benzene rings is 1. The molecule has 0 bridgehead atoms. The highest BCUT2D eigenvalue weighted by molar-refractivity contribution is 7.89. The summed E-state index contributed by atoms with van der Waals surface area (Å²) in [6.07, 6.45) is 1.42. The highest BCUT2D eigenvalue weighted by Gasteiger charge is 2.27. The Morgan fingerprint density at radius 3 is 2.12 bits per heavy atom. The van der Waals surface area contributed by atoms with Crippen LogP contribution in [0.3, 0.4) is 0 Å². The lowest BCUT2D eigenvalue weighted by Gasteiger charge is -2.20. The molecule has 0 aliphatic heterocycles. The molecule has 1 atom stereocenters. The first-order valence-electron chi connectivity index (χ1n) is 8.41. The summed E-state index contributed by atoms with van der Waals surface area (Å²) in [6, 6.07) is 3.85. The fourth-order valence-corrected chi connectivity index (χ4v) is 4.76. The molecule has 1 aromatic rings. The van der Waals surface area contributed by atoms with Crippen LogP contribution in [0, 0.1) is 0 Å². The van der Waals surface area contributed by atoms with Gasteiger partial charge in [0.25, 0.3) is 0 Å². The summed E-state index contributed by atoms with van der Waals surface area (Å²) in [7, 11) is -5.34. The molecule has 0 aliphatic carbocycles. The molecule has 0 spiro atoms. The number of nitrogens with zero attached hydrogens (tertiary/aromatic N) is 4. The van der Waals surface area contributed by atoms with Crippen LogP contribution in [-0.4, -0.2) is 60.3 Å². The van der Waals surface area contributed by atoms with Gasteiger partial charge in [0.05, 0.1) is 15.7 Å². The number of urea groups is 1. The minimum absolute atomic E-state index is 0.0549. The molecule has 0 aromatic heterocycles.